The van der Waals surface area contributed by atoms with Crippen LogP contribution in [0.25, 0.3) is 0 Å². The number of anilines is 1. The van der Waals surface area contributed by atoms with Gasteiger partial charge in [0.15, 0.2) is 17.3 Å². The van der Waals surface area contributed by atoms with E-state index in [9.17, 15) is 14.9 Å². The van der Waals surface area contributed by atoms with Gasteiger partial charge in [-0.2, -0.15) is 5.10 Å². The molecule has 10 heteroatoms. The fraction of sp³-hybridized carbons (Fsp3) is 0.130. The van der Waals surface area contributed by atoms with E-state index in [1.807, 2.05) is 18.2 Å². The fourth-order valence-corrected chi connectivity index (χ4v) is 3.35. The number of halogens is 1. The number of aromatic nitrogens is 2. The van der Waals surface area contributed by atoms with Crippen LogP contribution in [0, 0.1) is 17.0 Å². The number of hydrogen-bond acceptors (Lipinski definition) is 6. The van der Waals surface area contributed by atoms with Crippen LogP contribution in [0.5, 0.6) is 5.75 Å². The highest BCUT2D eigenvalue weighted by Crippen LogP contribution is 2.28. The van der Waals surface area contributed by atoms with Crippen LogP contribution in [0.3, 0.4) is 0 Å². The summed E-state index contributed by atoms with van der Waals surface area (Å²) in [6.45, 7) is 2.20. The SMILES string of the molecule is Cc1ccc(OCc2ccc(C(=O)Nc3ccn(Cc4cccc(Cl)c4)n3)o2)c([N+](=O)[O-])c1. The quantitative estimate of drug-likeness (QED) is 0.281. The summed E-state index contributed by atoms with van der Waals surface area (Å²) in [6.07, 6.45) is 1.74. The maximum absolute atomic E-state index is 12.5. The molecule has 9 nitrogen and oxygen atoms in total. The first-order valence-corrected chi connectivity index (χ1v) is 10.3. The van der Waals surface area contributed by atoms with E-state index in [0.29, 0.717) is 23.1 Å². The molecule has 0 saturated carbocycles. The lowest BCUT2D eigenvalue weighted by Gasteiger charge is -2.06. The average molecular weight is 467 g/mol. The van der Waals surface area contributed by atoms with Gasteiger partial charge in [0.25, 0.3) is 5.91 Å². The topological polar surface area (TPSA) is 112 Å². The Kier molecular flexibility index (Phi) is 6.41. The summed E-state index contributed by atoms with van der Waals surface area (Å²) in [6, 6.07) is 16.9. The number of nitrogens with zero attached hydrogens (tertiary/aromatic N) is 3. The van der Waals surface area contributed by atoms with Gasteiger partial charge in [0, 0.05) is 23.4 Å². The van der Waals surface area contributed by atoms with Crippen molar-refractivity contribution in [2.75, 3.05) is 5.32 Å². The number of ether oxygens (including phenoxy) is 1. The van der Waals surface area contributed by atoms with Crippen molar-refractivity contribution in [3.05, 3.63) is 105 Å². The van der Waals surface area contributed by atoms with Gasteiger partial charge in [0.05, 0.1) is 11.5 Å². The van der Waals surface area contributed by atoms with E-state index in [2.05, 4.69) is 10.4 Å². The van der Waals surface area contributed by atoms with Crippen LogP contribution >= 0.6 is 11.6 Å². The largest absolute Gasteiger partial charge is 0.479 e. The number of aryl methyl sites for hydroxylation is 1. The molecule has 0 aliphatic rings. The minimum absolute atomic E-state index is 0.0640. The van der Waals surface area contributed by atoms with Crippen molar-refractivity contribution in [3.63, 3.8) is 0 Å². The molecule has 0 spiro atoms. The number of nitro benzene ring substituents is 1. The van der Waals surface area contributed by atoms with Gasteiger partial charge in [0.1, 0.15) is 12.4 Å². The molecule has 4 rings (SSSR count). The number of nitrogens with one attached hydrogen (secondary N) is 1. The number of hydrogen-bond donors (Lipinski definition) is 1. The van der Waals surface area contributed by atoms with Gasteiger partial charge < -0.3 is 14.5 Å². The molecule has 2 aromatic carbocycles. The molecule has 0 bridgehead atoms. The Hall–Kier alpha value is -4.11. The first-order chi connectivity index (χ1) is 15.9. The second-order valence-electron chi connectivity index (χ2n) is 7.27. The predicted octanol–water partition coefficient (Wildman–Crippen LogP) is 5.23. The monoisotopic (exact) mass is 466 g/mol. The van der Waals surface area contributed by atoms with Crippen molar-refractivity contribution in [1.29, 1.82) is 0 Å². The summed E-state index contributed by atoms with van der Waals surface area (Å²) >= 11 is 6.00. The maximum atomic E-state index is 12.5. The molecule has 0 unspecified atom stereocenters. The highest BCUT2D eigenvalue weighted by Gasteiger charge is 2.17. The highest BCUT2D eigenvalue weighted by molar-refractivity contribution is 6.30. The molecule has 0 atom stereocenters. The molecule has 2 heterocycles. The Morgan fingerprint density at radius 1 is 1.21 bits per heavy atom. The first kappa shape index (κ1) is 22.1. The van der Waals surface area contributed by atoms with E-state index in [4.69, 9.17) is 20.8 Å². The summed E-state index contributed by atoms with van der Waals surface area (Å²) < 4.78 is 12.7. The zero-order chi connectivity index (χ0) is 23.4. The summed E-state index contributed by atoms with van der Waals surface area (Å²) in [5, 5.41) is 18.8. The van der Waals surface area contributed by atoms with Crippen molar-refractivity contribution in [1.82, 2.24) is 9.78 Å². The van der Waals surface area contributed by atoms with Crippen LogP contribution in [0.2, 0.25) is 5.02 Å². The molecule has 0 saturated heterocycles. The zero-order valence-corrected chi connectivity index (χ0v) is 18.3. The van der Waals surface area contributed by atoms with E-state index in [1.165, 1.54) is 18.2 Å². The van der Waals surface area contributed by atoms with Crippen molar-refractivity contribution >= 4 is 29.0 Å². The molecule has 0 radical (unpaired) electrons. The molecule has 4 aromatic rings. The van der Waals surface area contributed by atoms with Crippen molar-refractivity contribution < 1.29 is 18.9 Å². The standard InChI is InChI=1S/C23H19ClN4O5/c1-15-5-7-20(19(11-15)28(30)31)32-14-18-6-8-21(33-18)23(29)25-22-9-10-27(26-22)13-16-3-2-4-17(24)12-16/h2-12H,13-14H2,1H3,(H,25,26,29). The molecule has 0 aliphatic carbocycles. The number of nitro groups is 1. The summed E-state index contributed by atoms with van der Waals surface area (Å²) in [4.78, 5) is 23.2. The third kappa shape index (κ3) is 5.58. The minimum atomic E-state index is -0.505. The lowest BCUT2D eigenvalue weighted by molar-refractivity contribution is -0.386. The van der Waals surface area contributed by atoms with Gasteiger partial charge >= 0.3 is 5.69 Å². The van der Waals surface area contributed by atoms with Gasteiger partial charge in [0.2, 0.25) is 0 Å². The van der Waals surface area contributed by atoms with Crippen LogP contribution in [-0.2, 0) is 13.2 Å². The first-order valence-electron chi connectivity index (χ1n) is 9.93. The Balaban J connectivity index is 1.36. The number of benzene rings is 2. The Morgan fingerprint density at radius 3 is 2.85 bits per heavy atom. The smallest absolute Gasteiger partial charge is 0.311 e. The lowest BCUT2D eigenvalue weighted by Crippen LogP contribution is -2.12. The predicted molar refractivity (Wildman–Crippen MR) is 122 cm³/mol. The number of amides is 1. The Morgan fingerprint density at radius 2 is 2.06 bits per heavy atom. The molecule has 0 fully saturated rings. The van der Waals surface area contributed by atoms with Crippen molar-refractivity contribution in [2.24, 2.45) is 0 Å². The van der Waals surface area contributed by atoms with E-state index in [1.54, 1.807) is 42.1 Å². The van der Waals surface area contributed by atoms with Crippen LogP contribution < -0.4 is 10.1 Å². The molecule has 0 aliphatic heterocycles. The van der Waals surface area contributed by atoms with E-state index >= 15 is 0 Å². The van der Waals surface area contributed by atoms with E-state index in [0.717, 1.165) is 11.1 Å². The highest BCUT2D eigenvalue weighted by atomic mass is 35.5. The molecule has 168 valence electrons. The summed E-state index contributed by atoms with van der Waals surface area (Å²) in [5.74, 6) is 0.429. The molecule has 1 amide bonds. The normalized spacial score (nSPS) is 10.7. The maximum Gasteiger partial charge on any atom is 0.311 e. The van der Waals surface area contributed by atoms with Gasteiger partial charge in [-0.1, -0.05) is 29.8 Å². The number of rotatable bonds is 8. The number of carbonyl (C=O) groups is 1. The van der Waals surface area contributed by atoms with Gasteiger partial charge in [-0.15, -0.1) is 0 Å². The van der Waals surface area contributed by atoms with Crippen molar-refractivity contribution in [2.45, 2.75) is 20.1 Å². The zero-order valence-electron chi connectivity index (χ0n) is 17.5. The third-order valence-electron chi connectivity index (χ3n) is 4.68. The van der Waals surface area contributed by atoms with Crippen molar-refractivity contribution in [3.8, 4) is 5.75 Å². The second kappa shape index (κ2) is 9.58. The van der Waals surface area contributed by atoms with Crippen LogP contribution in [0.15, 0.2) is 71.3 Å². The number of furan rings is 1. The van der Waals surface area contributed by atoms with Gasteiger partial charge in [-0.3, -0.25) is 19.6 Å². The van der Waals surface area contributed by atoms with Crippen LogP contribution in [0.4, 0.5) is 11.5 Å². The fourth-order valence-electron chi connectivity index (χ4n) is 3.14. The molecular formula is C23H19ClN4O5. The second-order valence-corrected chi connectivity index (χ2v) is 7.70. The Labute approximate surface area is 193 Å². The Bertz CT molecular complexity index is 1310. The molecule has 1 N–H and O–H groups in total. The molecule has 2 aromatic heterocycles. The summed E-state index contributed by atoms with van der Waals surface area (Å²) in [5.41, 5.74) is 1.60. The summed E-state index contributed by atoms with van der Waals surface area (Å²) in [7, 11) is 0. The van der Waals surface area contributed by atoms with Gasteiger partial charge in [-0.25, -0.2) is 0 Å². The van der Waals surface area contributed by atoms with E-state index < -0.39 is 10.8 Å². The van der Waals surface area contributed by atoms with E-state index in [-0.39, 0.29) is 23.8 Å². The third-order valence-corrected chi connectivity index (χ3v) is 4.92. The number of carbonyl (C=O) groups excluding carboxylic acids is 1. The molecule has 33 heavy (non-hydrogen) atoms. The van der Waals surface area contributed by atoms with Crippen LogP contribution in [0.1, 0.15) is 27.4 Å². The van der Waals surface area contributed by atoms with Crippen LogP contribution in [-0.4, -0.2) is 20.6 Å². The minimum Gasteiger partial charge on any atom is -0.479 e. The average Bonchev–Trinajstić information content (AvgIpc) is 3.42. The van der Waals surface area contributed by atoms with Gasteiger partial charge in [-0.05, 0) is 48.4 Å². The lowest BCUT2D eigenvalue weighted by atomic mass is 10.2. The molecular weight excluding hydrogens is 448 g/mol.